The highest BCUT2D eigenvalue weighted by Crippen LogP contribution is 1.97. The van der Waals surface area contributed by atoms with E-state index in [1.54, 1.807) is 0 Å². The van der Waals surface area contributed by atoms with E-state index in [0.717, 1.165) is 0 Å². The second-order valence-electron chi connectivity index (χ2n) is 4.28. The summed E-state index contributed by atoms with van der Waals surface area (Å²) in [5.74, 6) is -0.660. The monoisotopic (exact) mass is 322 g/mol. The lowest BCUT2D eigenvalue weighted by Crippen LogP contribution is -2.24. The minimum atomic E-state index is -1.31. The number of esters is 1. The summed E-state index contributed by atoms with van der Waals surface area (Å²) in [7, 11) is 0. The molecule has 1 unspecified atom stereocenters. The maximum Gasteiger partial charge on any atom is 0.335 e. The molecule has 0 saturated carbocycles. The van der Waals surface area contributed by atoms with Crippen molar-refractivity contribution in [1.82, 2.24) is 0 Å². The van der Waals surface area contributed by atoms with Gasteiger partial charge in [-0.2, -0.15) is 0 Å². The number of ether oxygens (including phenoxy) is 5. The SMILES string of the molecule is C=C(C)C(=O)OC(O)COCCOCCOCCOCCO. The van der Waals surface area contributed by atoms with Crippen molar-refractivity contribution in [3.63, 3.8) is 0 Å². The summed E-state index contributed by atoms with van der Waals surface area (Å²) in [5.41, 5.74) is 0.212. The Balaban J connectivity index is 3.23. The van der Waals surface area contributed by atoms with Gasteiger partial charge in [0.05, 0.1) is 52.9 Å². The van der Waals surface area contributed by atoms with Crippen molar-refractivity contribution in [1.29, 1.82) is 0 Å². The second kappa shape index (κ2) is 14.9. The predicted octanol–water partition coefficient (Wildman–Crippen LogP) is -0.517. The number of hydrogen-bond acceptors (Lipinski definition) is 8. The highest BCUT2D eigenvalue weighted by molar-refractivity contribution is 5.86. The van der Waals surface area contributed by atoms with Crippen LogP contribution in [-0.2, 0) is 28.5 Å². The van der Waals surface area contributed by atoms with Gasteiger partial charge in [0.25, 0.3) is 0 Å². The lowest BCUT2D eigenvalue weighted by Gasteiger charge is -2.12. The van der Waals surface area contributed by atoms with Gasteiger partial charge in [-0.3, -0.25) is 0 Å². The summed E-state index contributed by atoms with van der Waals surface area (Å²) in [4.78, 5) is 11.1. The van der Waals surface area contributed by atoms with E-state index in [4.69, 9.17) is 24.1 Å². The molecule has 0 bridgehead atoms. The average molecular weight is 322 g/mol. The minimum Gasteiger partial charge on any atom is -0.430 e. The van der Waals surface area contributed by atoms with Gasteiger partial charge in [0.15, 0.2) is 0 Å². The zero-order valence-corrected chi connectivity index (χ0v) is 13.0. The molecule has 0 saturated heterocycles. The first-order valence-corrected chi connectivity index (χ1v) is 7.04. The molecule has 130 valence electrons. The summed E-state index contributed by atoms with van der Waals surface area (Å²) in [5, 5.41) is 17.8. The Hall–Kier alpha value is -1.03. The number of rotatable bonds is 15. The lowest BCUT2D eigenvalue weighted by molar-refractivity contribution is -0.173. The van der Waals surface area contributed by atoms with Crippen LogP contribution in [0, 0.1) is 0 Å². The predicted molar refractivity (Wildman–Crippen MR) is 77.3 cm³/mol. The number of carbonyl (C=O) groups is 1. The first kappa shape index (κ1) is 21.0. The van der Waals surface area contributed by atoms with Crippen LogP contribution in [0.25, 0.3) is 0 Å². The van der Waals surface area contributed by atoms with Crippen molar-refractivity contribution < 1.29 is 38.7 Å². The largest absolute Gasteiger partial charge is 0.430 e. The molecule has 0 aromatic rings. The Bertz CT molecular complexity index is 295. The van der Waals surface area contributed by atoms with E-state index in [1.165, 1.54) is 6.92 Å². The van der Waals surface area contributed by atoms with E-state index >= 15 is 0 Å². The van der Waals surface area contributed by atoms with Gasteiger partial charge >= 0.3 is 5.97 Å². The summed E-state index contributed by atoms with van der Waals surface area (Å²) in [6, 6.07) is 0. The van der Waals surface area contributed by atoms with Crippen LogP contribution in [0.2, 0.25) is 0 Å². The lowest BCUT2D eigenvalue weighted by atomic mass is 10.4. The molecule has 22 heavy (non-hydrogen) atoms. The Morgan fingerprint density at radius 3 is 1.86 bits per heavy atom. The van der Waals surface area contributed by atoms with Crippen LogP contribution >= 0.6 is 0 Å². The van der Waals surface area contributed by atoms with Gasteiger partial charge in [-0.05, 0) is 6.92 Å². The molecular formula is C14H26O8. The minimum absolute atomic E-state index is 0.00417. The Morgan fingerprint density at radius 1 is 0.955 bits per heavy atom. The summed E-state index contributed by atoms with van der Waals surface area (Å²) in [6.45, 7) is 7.41. The van der Waals surface area contributed by atoms with Crippen LogP contribution in [-0.4, -0.2) is 81.9 Å². The maximum atomic E-state index is 11.1. The number of hydrogen-bond donors (Lipinski definition) is 2. The normalized spacial score (nSPS) is 12.1. The van der Waals surface area contributed by atoms with Gasteiger partial charge in [0.2, 0.25) is 6.29 Å². The van der Waals surface area contributed by atoms with Crippen LogP contribution in [0.5, 0.6) is 0 Å². The second-order valence-corrected chi connectivity index (χ2v) is 4.28. The molecule has 0 aromatic carbocycles. The van der Waals surface area contributed by atoms with E-state index in [0.29, 0.717) is 39.6 Å². The maximum absolute atomic E-state index is 11.1. The zero-order chi connectivity index (χ0) is 16.6. The van der Waals surface area contributed by atoms with Gasteiger partial charge in [-0.15, -0.1) is 0 Å². The zero-order valence-electron chi connectivity index (χ0n) is 13.0. The summed E-state index contributed by atoms with van der Waals surface area (Å²) >= 11 is 0. The molecule has 8 heteroatoms. The van der Waals surface area contributed by atoms with E-state index in [2.05, 4.69) is 11.3 Å². The first-order valence-electron chi connectivity index (χ1n) is 7.04. The van der Waals surface area contributed by atoms with E-state index in [1.807, 2.05) is 0 Å². The molecule has 8 nitrogen and oxygen atoms in total. The van der Waals surface area contributed by atoms with Crippen molar-refractivity contribution in [3.05, 3.63) is 12.2 Å². The van der Waals surface area contributed by atoms with Crippen LogP contribution < -0.4 is 0 Å². The van der Waals surface area contributed by atoms with Crippen molar-refractivity contribution in [2.45, 2.75) is 13.2 Å². The fourth-order valence-corrected chi connectivity index (χ4v) is 1.17. The van der Waals surface area contributed by atoms with E-state index in [-0.39, 0.29) is 25.4 Å². The molecule has 0 heterocycles. The fourth-order valence-electron chi connectivity index (χ4n) is 1.17. The highest BCUT2D eigenvalue weighted by atomic mass is 16.7. The van der Waals surface area contributed by atoms with Crippen molar-refractivity contribution >= 4 is 5.97 Å². The third-order valence-corrected chi connectivity index (χ3v) is 2.20. The van der Waals surface area contributed by atoms with Crippen LogP contribution in [0.3, 0.4) is 0 Å². The highest BCUT2D eigenvalue weighted by Gasteiger charge is 2.11. The van der Waals surface area contributed by atoms with Crippen molar-refractivity contribution in [2.24, 2.45) is 0 Å². The molecule has 0 amide bonds. The summed E-state index contributed by atoms with van der Waals surface area (Å²) < 4.78 is 25.1. The number of aliphatic hydroxyl groups excluding tert-OH is 2. The van der Waals surface area contributed by atoms with Crippen LogP contribution in [0.4, 0.5) is 0 Å². The molecule has 0 aromatic heterocycles. The third-order valence-electron chi connectivity index (χ3n) is 2.20. The molecule has 0 fully saturated rings. The molecule has 0 aliphatic carbocycles. The van der Waals surface area contributed by atoms with Crippen molar-refractivity contribution in [2.75, 3.05) is 59.5 Å². The van der Waals surface area contributed by atoms with E-state index in [9.17, 15) is 9.90 Å². The topological polar surface area (TPSA) is 104 Å². The average Bonchev–Trinajstić information content (AvgIpc) is 2.48. The fraction of sp³-hybridized carbons (Fsp3) is 0.786. The molecular weight excluding hydrogens is 296 g/mol. The third kappa shape index (κ3) is 13.9. The van der Waals surface area contributed by atoms with Gasteiger partial charge in [-0.25, -0.2) is 4.79 Å². The van der Waals surface area contributed by atoms with Gasteiger partial charge in [0.1, 0.15) is 6.61 Å². The van der Waals surface area contributed by atoms with Crippen LogP contribution in [0.1, 0.15) is 6.92 Å². The van der Waals surface area contributed by atoms with Gasteiger partial charge in [-0.1, -0.05) is 6.58 Å². The van der Waals surface area contributed by atoms with Crippen molar-refractivity contribution in [3.8, 4) is 0 Å². The Kier molecular flexibility index (Phi) is 14.2. The molecule has 2 N–H and O–H groups in total. The molecule has 1 atom stereocenters. The molecule has 0 spiro atoms. The quantitative estimate of drug-likeness (QED) is 0.180. The Morgan fingerprint density at radius 2 is 1.41 bits per heavy atom. The Labute approximate surface area is 130 Å². The van der Waals surface area contributed by atoms with Gasteiger partial charge < -0.3 is 33.9 Å². The molecule has 0 aliphatic heterocycles. The first-order chi connectivity index (χ1) is 10.6. The number of carbonyl (C=O) groups excluding carboxylic acids is 1. The molecule has 0 aliphatic rings. The number of aliphatic hydroxyl groups is 2. The molecule has 0 rings (SSSR count). The smallest absolute Gasteiger partial charge is 0.335 e. The van der Waals surface area contributed by atoms with E-state index < -0.39 is 12.3 Å². The van der Waals surface area contributed by atoms with Crippen LogP contribution in [0.15, 0.2) is 12.2 Å². The molecule has 0 radical (unpaired) electrons. The summed E-state index contributed by atoms with van der Waals surface area (Å²) in [6.07, 6.45) is -1.31. The van der Waals surface area contributed by atoms with Gasteiger partial charge in [0, 0.05) is 5.57 Å². The standard InChI is InChI=1S/C14H26O8/c1-12(2)14(17)22-13(16)11-21-10-9-20-8-7-19-6-5-18-4-3-15/h13,15-16H,1,3-11H2,2H3.